The van der Waals surface area contributed by atoms with Gasteiger partial charge in [0.25, 0.3) is 0 Å². The molecular weight excluding hydrogens is 515 g/mol. The van der Waals surface area contributed by atoms with E-state index in [0.717, 1.165) is 69.8 Å². The number of guanidine groups is 1. The van der Waals surface area contributed by atoms with E-state index in [4.69, 9.17) is 9.73 Å². The van der Waals surface area contributed by atoms with Gasteiger partial charge in [0.15, 0.2) is 5.96 Å². The molecule has 3 rings (SSSR count). The average molecular weight is 559 g/mol. The van der Waals surface area contributed by atoms with Crippen molar-refractivity contribution in [2.24, 2.45) is 10.9 Å². The van der Waals surface area contributed by atoms with Crippen LogP contribution in [0, 0.1) is 5.92 Å². The smallest absolute Gasteiger partial charge is 0.191 e. The summed E-state index contributed by atoms with van der Waals surface area (Å²) in [7, 11) is 0. The molecule has 0 bridgehead atoms. The molecule has 2 fully saturated rings. The van der Waals surface area contributed by atoms with Crippen LogP contribution in [0.5, 0.6) is 0 Å². The molecule has 0 amide bonds. The Morgan fingerprint density at radius 3 is 2.38 bits per heavy atom. The van der Waals surface area contributed by atoms with Crippen LogP contribution in [0.2, 0.25) is 0 Å². The topological polar surface area (TPSA) is 65.0 Å². The average Bonchev–Trinajstić information content (AvgIpc) is 3.36. The van der Waals surface area contributed by atoms with Gasteiger partial charge in [-0.1, -0.05) is 32.8 Å². The normalized spacial score (nSPS) is 18.5. The lowest BCUT2D eigenvalue weighted by Gasteiger charge is -2.39. The highest BCUT2D eigenvalue weighted by Gasteiger charge is 2.27. The molecule has 2 saturated heterocycles. The molecule has 0 aliphatic carbocycles. The van der Waals surface area contributed by atoms with E-state index in [9.17, 15) is 0 Å². The molecule has 1 aromatic rings. The van der Waals surface area contributed by atoms with Crippen LogP contribution in [-0.4, -0.2) is 74.4 Å². The number of hydrogen-bond donors (Lipinski definition) is 2. The van der Waals surface area contributed by atoms with Crippen molar-refractivity contribution >= 4 is 35.8 Å². The van der Waals surface area contributed by atoms with E-state index in [0.29, 0.717) is 18.5 Å². The monoisotopic (exact) mass is 558 g/mol. The van der Waals surface area contributed by atoms with Crippen molar-refractivity contribution in [1.82, 2.24) is 20.5 Å². The second-order valence-corrected chi connectivity index (χ2v) is 8.59. The van der Waals surface area contributed by atoms with Gasteiger partial charge in [0.2, 0.25) is 0 Å². The highest BCUT2D eigenvalue weighted by molar-refractivity contribution is 14.0. The summed E-state index contributed by atoms with van der Waals surface area (Å²) in [4.78, 5) is 14.5. The van der Waals surface area contributed by atoms with Crippen molar-refractivity contribution in [2.45, 2.75) is 59.0 Å². The van der Waals surface area contributed by atoms with Crippen LogP contribution in [0.25, 0.3) is 0 Å². The number of aliphatic imine (C=N–C) groups is 1. The summed E-state index contributed by atoms with van der Waals surface area (Å²) in [6, 6.07) is 4.80. The first-order valence-electron chi connectivity index (χ1n) is 12.3. The van der Waals surface area contributed by atoms with Gasteiger partial charge in [-0.2, -0.15) is 0 Å². The van der Waals surface area contributed by atoms with Crippen molar-refractivity contribution in [2.75, 3.05) is 57.4 Å². The Hall–Kier alpha value is -1.13. The number of pyridine rings is 1. The van der Waals surface area contributed by atoms with Crippen LogP contribution in [0.4, 0.5) is 5.82 Å². The predicted molar refractivity (Wildman–Crippen MR) is 144 cm³/mol. The maximum absolute atomic E-state index is 5.58. The number of rotatable bonds is 10. The molecule has 1 unspecified atom stereocenters. The largest absolute Gasteiger partial charge is 0.379 e. The number of morpholine rings is 1. The summed E-state index contributed by atoms with van der Waals surface area (Å²) in [5.74, 6) is 2.65. The summed E-state index contributed by atoms with van der Waals surface area (Å²) < 4.78 is 5.58. The molecular formula is C24H43IN6O. The molecule has 3 heterocycles. The fraction of sp³-hybridized carbons (Fsp3) is 0.750. The molecule has 0 aromatic carbocycles. The van der Waals surface area contributed by atoms with Crippen LogP contribution in [0.15, 0.2) is 23.3 Å². The zero-order valence-electron chi connectivity index (χ0n) is 20.2. The van der Waals surface area contributed by atoms with E-state index < -0.39 is 0 Å². The Balaban J connectivity index is 0.00000363. The third-order valence-electron chi connectivity index (χ3n) is 6.59. The molecule has 1 atom stereocenters. The Morgan fingerprint density at radius 2 is 1.78 bits per heavy atom. The van der Waals surface area contributed by atoms with Gasteiger partial charge in [-0.3, -0.25) is 4.90 Å². The Bertz CT molecular complexity index is 655. The molecule has 8 heteroatoms. The summed E-state index contributed by atoms with van der Waals surface area (Å²) in [5, 5.41) is 7.03. The highest BCUT2D eigenvalue weighted by Crippen LogP contribution is 2.20. The molecule has 0 spiro atoms. The number of aromatic nitrogens is 1. The van der Waals surface area contributed by atoms with E-state index in [1.54, 1.807) is 0 Å². The highest BCUT2D eigenvalue weighted by atomic mass is 127. The molecule has 0 saturated carbocycles. The summed E-state index contributed by atoms with van der Waals surface area (Å²) >= 11 is 0. The van der Waals surface area contributed by atoms with Crippen molar-refractivity contribution in [3.8, 4) is 0 Å². The summed E-state index contributed by atoms with van der Waals surface area (Å²) in [6.45, 7) is 15.1. The van der Waals surface area contributed by atoms with Gasteiger partial charge in [0, 0.05) is 51.5 Å². The fourth-order valence-electron chi connectivity index (χ4n) is 4.69. The zero-order valence-corrected chi connectivity index (χ0v) is 22.5. The number of nitrogens with one attached hydrogen (secondary N) is 2. The quantitative estimate of drug-likeness (QED) is 0.261. The van der Waals surface area contributed by atoms with E-state index in [2.05, 4.69) is 58.3 Å². The Labute approximate surface area is 211 Å². The third kappa shape index (κ3) is 8.02. The van der Waals surface area contributed by atoms with E-state index in [1.807, 2.05) is 6.20 Å². The fourth-order valence-corrected chi connectivity index (χ4v) is 4.69. The second kappa shape index (κ2) is 14.9. The number of halogens is 1. The Kier molecular flexibility index (Phi) is 12.6. The molecule has 2 aliphatic rings. The lowest BCUT2D eigenvalue weighted by atomic mass is 9.92. The van der Waals surface area contributed by atoms with Gasteiger partial charge < -0.3 is 20.3 Å². The molecule has 32 heavy (non-hydrogen) atoms. The van der Waals surface area contributed by atoms with Crippen LogP contribution in [0.1, 0.15) is 52.0 Å². The van der Waals surface area contributed by atoms with Crippen molar-refractivity contribution in [3.05, 3.63) is 23.9 Å². The zero-order chi connectivity index (χ0) is 21.9. The van der Waals surface area contributed by atoms with Gasteiger partial charge in [-0.15, -0.1) is 24.0 Å². The van der Waals surface area contributed by atoms with Crippen LogP contribution < -0.4 is 15.5 Å². The van der Waals surface area contributed by atoms with Gasteiger partial charge in [0.1, 0.15) is 5.82 Å². The third-order valence-corrected chi connectivity index (χ3v) is 6.59. The SMILES string of the molecule is CCNC(=NCc1ccc(N2CCCC2)nc1)NCC(C(CC)CC)N1CCOCC1.I. The second-order valence-electron chi connectivity index (χ2n) is 8.59. The first kappa shape index (κ1) is 27.1. The molecule has 1 aromatic heterocycles. The van der Waals surface area contributed by atoms with E-state index in [1.165, 1.54) is 25.7 Å². The molecule has 0 radical (unpaired) electrons. The minimum atomic E-state index is 0. The van der Waals surface area contributed by atoms with Crippen molar-refractivity contribution in [1.29, 1.82) is 0 Å². The first-order chi connectivity index (χ1) is 15.2. The summed E-state index contributed by atoms with van der Waals surface area (Å²) in [5.41, 5.74) is 1.14. The minimum absolute atomic E-state index is 0. The molecule has 7 nitrogen and oxygen atoms in total. The first-order valence-corrected chi connectivity index (χ1v) is 12.3. The Morgan fingerprint density at radius 1 is 1.06 bits per heavy atom. The molecule has 2 aliphatic heterocycles. The minimum Gasteiger partial charge on any atom is -0.379 e. The number of anilines is 1. The van der Waals surface area contributed by atoms with Crippen LogP contribution >= 0.6 is 24.0 Å². The van der Waals surface area contributed by atoms with Crippen molar-refractivity contribution < 1.29 is 4.74 Å². The number of ether oxygens (including phenoxy) is 1. The van der Waals surface area contributed by atoms with Gasteiger partial charge in [-0.25, -0.2) is 9.98 Å². The van der Waals surface area contributed by atoms with E-state index >= 15 is 0 Å². The maximum atomic E-state index is 5.58. The predicted octanol–water partition coefficient (Wildman–Crippen LogP) is 3.49. The standard InChI is InChI=1S/C24H42N6O.HI/c1-4-21(5-2)22(29-13-15-31-16-14-29)19-28-24(25-6-3)27-18-20-9-10-23(26-17-20)30-11-7-8-12-30;/h9-10,17,21-22H,4-8,11-16,18-19H2,1-3H3,(H2,25,27,28);1H. The number of hydrogen-bond acceptors (Lipinski definition) is 5. The lowest BCUT2D eigenvalue weighted by Crippen LogP contribution is -2.53. The van der Waals surface area contributed by atoms with Crippen molar-refractivity contribution in [3.63, 3.8) is 0 Å². The molecule has 2 N–H and O–H groups in total. The maximum Gasteiger partial charge on any atom is 0.191 e. The van der Waals surface area contributed by atoms with Gasteiger partial charge in [-0.05, 0) is 37.3 Å². The van der Waals surface area contributed by atoms with E-state index in [-0.39, 0.29) is 24.0 Å². The molecule has 182 valence electrons. The number of nitrogens with zero attached hydrogens (tertiary/aromatic N) is 4. The lowest BCUT2D eigenvalue weighted by molar-refractivity contribution is 0.00272. The summed E-state index contributed by atoms with van der Waals surface area (Å²) in [6.07, 6.45) is 6.91. The van der Waals surface area contributed by atoms with Crippen LogP contribution in [0.3, 0.4) is 0 Å². The van der Waals surface area contributed by atoms with Gasteiger partial charge >= 0.3 is 0 Å². The van der Waals surface area contributed by atoms with Gasteiger partial charge in [0.05, 0.1) is 19.8 Å². The van der Waals surface area contributed by atoms with Crippen LogP contribution in [-0.2, 0) is 11.3 Å².